The molecule has 11 heteroatoms. The fourth-order valence-corrected chi connectivity index (χ4v) is 4.11. The summed E-state index contributed by atoms with van der Waals surface area (Å²) in [6.45, 7) is 1.33. The molecule has 0 radical (unpaired) electrons. The normalized spacial score (nSPS) is 13.9. The number of phenols is 1. The van der Waals surface area contributed by atoms with Crippen LogP contribution in [0.25, 0.3) is 0 Å². The smallest absolute Gasteiger partial charge is 0.249 e. The van der Waals surface area contributed by atoms with Crippen LogP contribution in [0, 0.1) is 5.82 Å². The summed E-state index contributed by atoms with van der Waals surface area (Å²) >= 11 is 0. The van der Waals surface area contributed by atoms with Gasteiger partial charge in [-0.1, -0.05) is 30.3 Å². The Balaban J connectivity index is 1.90. The third-order valence-electron chi connectivity index (χ3n) is 5.60. The Morgan fingerprint density at radius 3 is 2.31 bits per heavy atom. The number of halogens is 1. The lowest BCUT2D eigenvalue weighted by atomic mass is 9.90. The van der Waals surface area contributed by atoms with Gasteiger partial charge >= 0.3 is 0 Å². The van der Waals surface area contributed by atoms with Crippen LogP contribution in [-0.4, -0.2) is 44.4 Å². The average molecular weight is 518 g/mol. The van der Waals surface area contributed by atoms with Crippen molar-refractivity contribution in [3.63, 3.8) is 0 Å². The number of aliphatic hydroxyl groups excluding tert-OH is 1. The topological polar surface area (TPSA) is 137 Å². The number of phenolic OH excluding ortho intramolecular Hbond substituents is 1. The number of methoxy groups -OCH3 is 1. The molecular weight excluding hydrogens is 489 g/mol. The number of carbonyl (C=O) groups is 1. The molecule has 5 N–H and O–H groups in total. The van der Waals surface area contributed by atoms with Gasteiger partial charge in [0, 0.05) is 17.8 Å². The molecule has 0 saturated heterocycles. The van der Waals surface area contributed by atoms with Crippen LogP contribution in [-0.2, 0) is 20.4 Å². The van der Waals surface area contributed by atoms with Crippen LogP contribution in [0.1, 0.15) is 24.2 Å². The van der Waals surface area contributed by atoms with E-state index in [4.69, 9.17) is 4.74 Å². The van der Waals surface area contributed by atoms with Gasteiger partial charge in [0.1, 0.15) is 22.7 Å². The maximum absolute atomic E-state index is 15.0. The number of ether oxygens (including phenoxy) is 1. The van der Waals surface area contributed by atoms with E-state index in [-0.39, 0.29) is 12.1 Å². The number of aliphatic hydroxyl groups is 1. The van der Waals surface area contributed by atoms with Crippen molar-refractivity contribution in [1.29, 1.82) is 0 Å². The highest BCUT2D eigenvalue weighted by Crippen LogP contribution is 2.33. The molecule has 9 nitrogen and oxygen atoms in total. The van der Waals surface area contributed by atoms with Crippen molar-refractivity contribution in [2.24, 2.45) is 0 Å². The largest absolute Gasteiger partial charge is 0.506 e. The highest BCUT2D eigenvalue weighted by atomic mass is 32.2. The number of amides is 1. The molecule has 0 heterocycles. The van der Waals surface area contributed by atoms with Crippen molar-refractivity contribution >= 4 is 27.3 Å². The molecule has 0 aliphatic carbocycles. The minimum absolute atomic E-state index is 0.271. The highest BCUT2D eigenvalue weighted by molar-refractivity contribution is 7.92. The Kier molecular flexibility index (Phi) is 8.18. The Labute approximate surface area is 209 Å². The molecule has 0 bridgehead atoms. The van der Waals surface area contributed by atoms with Gasteiger partial charge < -0.3 is 20.3 Å². The van der Waals surface area contributed by atoms with Crippen LogP contribution in [0.2, 0.25) is 0 Å². The van der Waals surface area contributed by atoms with E-state index >= 15 is 4.39 Å². The highest BCUT2D eigenvalue weighted by Gasteiger charge is 2.36. The number of benzene rings is 3. The summed E-state index contributed by atoms with van der Waals surface area (Å²) in [5.41, 5.74) is -1.20. The summed E-state index contributed by atoms with van der Waals surface area (Å²) in [6.07, 6.45) is -0.685. The number of nitrogens with one attached hydrogen (secondary N) is 3. The van der Waals surface area contributed by atoms with Gasteiger partial charge in [0.2, 0.25) is 15.9 Å². The van der Waals surface area contributed by atoms with Gasteiger partial charge in [-0.15, -0.1) is 0 Å². The Hall–Kier alpha value is -3.67. The van der Waals surface area contributed by atoms with E-state index in [1.807, 2.05) is 10.8 Å². The third-order valence-corrected chi connectivity index (χ3v) is 6.17. The summed E-state index contributed by atoms with van der Waals surface area (Å²) in [5.74, 6) is -1.61. The van der Waals surface area contributed by atoms with Gasteiger partial charge in [-0.05, 0) is 48.9 Å². The molecule has 2 atom stereocenters. The minimum atomic E-state index is -3.89. The number of sulfonamides is 1. The van der Waals surface area contributed by atoms with Crippen LogP contribution < -0.4 is 20.1 Å². The molecule has 0 aromatic heterocycles. The fraction of sp³-hybridized carbons (Fsp3) is 0.240. The molecule has 0 spiro atoms. The molecule has 0 saturated carbocycles. The van der Waals surface area contributed by atoms with Gasteiger partial charge in [0.25, 0.3) is 0 Å². The second kappa shape index (κ2) is 10.9. The second-order valence-corrected chi connectivity index (χ2v) is 10.1. The molecule has 1 amide bonds. The number of hydrogen-bond acceptors (Lipinski definition) is 7. The predicted octanol–water partition coefficient (Wildman–Crippen LogP) is 3.09. The number of carbonyl (C=O) groups excluding carboxylic acids is 1. The summed E-state index contributed by atoms with van der Waals surface area (Å²) in [7, 11) is -2.38. The average Bonchev–Trinajstić information content (AvgIpc) is 2.85. The minimum Gasteiger partial charge on any atom is -0.506 e. The van der Waals surface area contributed by atoms with E-state index in [9.17, 15) is 23.4 Å². The lowest BCUT2D eigenvalue weighted by Gasteiger charge is -2.31. The summed E-state index contributed by atoms with van der Waals surface area (Å²) in [4.78, 5) is 13.4. The van der Waals surface area contributed by atoms with E-state index in [1.165, 1.54) is 7.11 Å². The summed E-state index contributed by atoms with van der Waals surface area (Å²) in [6, 6.07) is 17.8. The molecule has 3 rings (SSSR count). The van der Waals surface area contributed by atoms with Crippen molar-refractivity contribution in [1.82, 2.24) is 5.32 Å². The van der Waals surface area contributed by atoms with Crippen LogP contribution in [0.3, 0.4) is 0 Å². The quantitative estimate of drug-likeness (QED) is 0.261. The number of aromatic hydroxyl groups is 1. The Morgan fingerprint density at radius 1 is 1.08 bits per heavy atom. The molecular formula is C25H28FN3O6S. The zero-order chi connectivity index (χ0) is 26.5. The molecule has 36 heavy (non-hydrogen) atoms. The van der Waals surface area contributed by atoms with E-state index in [0.29, 0.717) is 17.0 Å². The lowest BCUT2D eigenvalue weighted by Crippen LogP contribution is -2.51. The van der Waals surface area contributed by atoms with Crippen molar-refractivity contribution in [3.8, 4) is 11.5 Å². The van der Waals surface area contributed by atoms with E-state index in [1.54, 1.807) is 55.5 Å². The van der Waals surface area contributed by atoms with E-state index < -0.39 is 44.8 Å². The Bertz CT molecular complexity index is 1320. The van der Waals surface area contributed by atoms with E-state index in [0.717, 1.165) is 18.4 Å². The van der Waals surface area contributed by atoms with Crippen molar-refractivity contribution < 1.29 is 32.6 Å². The first kappa shape index (κ1) is 26.9. The van der Waals surface area contributed by atoms with Crippen LogP contribution >= 0.6 is 0 Å². The van der Waals surface area contributed by atoms with Crippen molar-refractivity contribution in [3.05, 3.63) is 83.7 Å². The van der Waals surface area contributed by atoms with Gasteiger partial charge in [-0.25, -0.2) is 12.8 Å². The van der Waals surface area contributed by atoms with E-state index in [2.05, 4.69) is 10.6 Å². The third kappa shape index (κ3) is 6.30. The Morgan fingerprint density at radius 2 is 1.72 bits per heavy atom. The number of rotatable bonds is 10. The van der Waals surface area contributed by atoms with Gasteiger partial charge in [-0.3, -0.25) is 14.8 Å². The fourth-order valence-electron chi connectivity index (χ4n) is 3.55. The number of para-hydroxylation sites is 1. The monoisotopic (exact) mass is 517 g/mol. The van der Waals surface area contributed by atoms with Crippen LogP contribution in [0.5, 0.6) is 11.5 Å². The van der Waals surface area contributed by atoms with Crippen molar-refractivity contribution in [2.75, 3.05) is 29.9 Å². The molecule has 0 fully saturated rings. The van der Waals surface area contributed by atoms with Crippen LogP contribution in [0.4, 0.5) is 15.8 Å². The predicted molar refractivity (Wildman–Crippen MR) is 135 cm³/mol. The molecule has 0 unspecified atom stereocenters. The first-order valence-electron chi connectivity index (χ1n) is 10.9. The van der Waals surface area contributed by atoms with Gasteiger partial charge in [0.05, 0.1) is 19.5 Å². The standard InChI is InChI=1S/C25H28FN3O6S/c1-25(16-9-11-18(35-2)12-10-16,24(32)28-17-7-5-4-6-8-17)27-15-21(31)19-13-14-20(30)23(22(19)26)29-36(3,33)34/h4-14,21,27,29-31H,15H2,1-3H3,(H,28,32)/t21-,25-/m0/s1. The molecule has 0 aliphatic heterocycles. The lowest BCUT2D eigenvalue weighted by molar-refractivity contribution is -0.122. The molecule has 3 aromatic carbocycles. The molecule has 3 aromatic rings. The van der Waals surface area contributed by atoms with Gasteiger partial charge in [0.15, 0.2) is 5.82 Å². The molecule has 0 aliphatic rings. The van der Waals surface area contributed by atoms with Crippen LogP contribution in [0.15, 0.2) is 66.7 Å². The SMILES string of the molecule is COc1ccc([C@](C)(NC[C@H](O)c2ccc(O)c(NS(C)(=O)=O)c2F)C(=O)Nc2ccccc2)cc1. The second-order valence-electron chi connectivity index (χ2n) is 8.31. The number of hydrogen-bond donors (Lipinski definition) is 5. The summed E-state index contributed by atoms with van der Waals surface area (Å²) in [5, 5.41) is 26.5. The number of anilines is 2. The zero-order valence-corrected chi connectivity index (χ0v) is 20.8. The molecule has 192 valence electrons. The maximum atomic E-state index is 15.0. The maximum Gasteiger partial charge on any atom is 0.249 e. The van der Waals surface area contributed by atoms with Crippen molar-refractivity contribution in [2.45, 2.75) is 18.6 Å². The zero-order valence-electron chi connectivity index (χ0n) is 19.9. The first-order valence-corrected chi connectivity index (χ1v) is 12.8. The summed E-state index contributed by atoms with van der Waals surface area (Å²) < 4.78 is 45.2. The van der Waals surface area contributed by atoms with Gasteiger partial charge in [-0.2, -0.15) is 0 Å². The first-order chi connectivity index (χ1) is 16.9.